The zero-order chi connectivity index (χ0) is 14.2. The minimum absolute atomic E-state index is 0.225. The molecule has 0 saturated carbocycles. The highest BCUT2D eigenvalue weighted by atomic mass is 79.9. The summed E-state index contributed by atoms with van der Waals surface area (Å²) in [4.78, 5) is 24.0. The Morgan fingerprint density at radius 2 is 2.26 bits per heavy atom. The van der Waals surface area contributed by atoms with Crippen LogP contribution in [0.2, 0.25) is 0 Å². The number of carbonyl (C=O) groups excluding carboxylic acids is 1. The van der Waals surface area contributed by atoms with Crippen molar-refractivity contribution in [3.8, 4) is 0 Å². The van der Waals surface area contributed by atoms with Crippen LogP contribution in [0, 0.1) is 0 Å². The molecular formula is C10H5Br2NO4S2. The summed E-state index contributed by atoms with van der Waals surface area (Å²) >= 11 is 12.5. The lowest BCUT2D eigenvalue weighted by molar-refractivity contribution is -0.140. The van der Waals surface area contributed by atoms with Crippen molar-refractivity contribution in [3.63, 3.8) is 0 Å². The maximum atomic E-state index is 12.0. The second-order valence-electron chi connectivity index (χ2n) is 3.43. The molecule has 0 aliphatic carbocycles. The Hall–Kier alpha value is -0.640. The maximum Gasteiger partial charge on any atom is 0.323 e. The number of halogens is 2. The molecule has 0 radical (unpaired) electrons. The number of thioether (sulfide) groups is 1. The van der Waals surface area contributed by atoms with Crippen LogP contribution in [0.3, 0.4) is 0 Å². The van der Waals surface area contributed by atoms with Crippen LogP contribution in [-0.2, 0) is 9.59 Å². The predicted octanol–water partition coefficient (Wildman–Crippen LogP) is 3.09. The van der Waals surface area contributed by atoms with Crippen LogP contribution in [0.15, 0.2) is 24.5 Å². The zero-order valence-electron chi connectivity index (χ0n) is 9.05. The van der Waals surface area contributed by atoms with E-state index in [2.05, 4.69) is 31.9 Å². The van der Waals surface area contributed by atoms with Crippen molar-refractivity contribution in [1.82, 2.24) is 4.90 Å². The second-order valence-corrected chi connectivity index (χ2v) is 6.68. The van der Waals surface area contributed by atoms with Gasteiger partial charge in [-0.15, -0.1) is 0 Å². The van der Waals surface area contributed by atoms with Gasteiger partial charge in [-0.2, -0.15) is 0 Å². The molecule has 1 N–H and O–H groups in total. The van der Waals surface area contributed by atoms with E-state index in [1.807, 2.05) is 0 Å². The van der Waals surface area contributed by atoms with Gasteiger partial charge in [0.2, 0.25) is 0 Å². The van der Waals surface area contributed by atoms with Crippen molar-refractivity contribution < 1.29 is 19.1 Å². The van der Waals surface area contributed by atoms with E-state index in [9.17, 15) is 9.59 Å². The summed E-state index contributed by atoms with van der Waals surface area (Å²) in [5.74, 6) is -1.07. The van der Waals surface area contributed by atoms with E-state index in [1.54, 1.807) is 6.07 Å². The predicted molar refractivity (Wildman–Crippen MR) is 81.6 cm³/mol. The van der Waals surface area contributed by atoms with E-state index >= 15 is 0 Å². The van der Waals surface area contributed by atoms with Crippen molar-refractivity contribution in [3.05, 3.63) is 25.9 Å². The number of nitrogens with zero attached hydrogens (tertiary/aromatic N) is 1. The van der Waals surface area contributed by atoms with Gasteiger partial charge in [-0.3, -0.25) is 14.5 Å². The van der Waals surface area contributed by atoms with E-state index in [-0.39, 0.29) is 4.32 Å². The van der Waals surface area contributed by atoms with Crippen LogP contribution >= 0.6 is 55.8 Å². The number of rotatable bonds is 3. The lowest BCUT2D eigenvalue weighted by Crippen LogP contribution is -2.33. The van der Waals surface area contributed by atoms with Crippen LogP contribution in [0.1, 0.15) is 5.76 Å². The van der Waals surface area contributed by atoms with Crippen molar-refractivity contribution in [1.29, 1.82) is 0 Å². The molecular weight excluding hydrogens is 422 g/mol. The number of aliphatic carboxylic acids is 1. The highest BCUT2D eigenvalue weighted by molar-refractivity contribution is 9.13. The first-order valence-electron chi connectivity index (χ1n) is 4.80. The van der Waals surface area contributed by atoms with Crippen LogP contribution in [-0.4, -0.2) is 32.7 Å². The number of carbonyl (C=O) groups is 2. The number of carboxylic acid groups (broad SMARTS) is 1. The molecule has 1 amide bonds. The van der Waals surface area contributed by atoms with Gasteiger partial charge in [0.1, 0.15) is 16.6 Å². The molecule has 19 heavy (non-hydrogen) atoms. The monoisotopic (exact) mass is 425 g/mol. The molecule has 1 saturated heterocycles. The summed E-state index contributed by atoms with van der Waals surface area (Å²) < 4.78 is 6.79. The summed E-state index contributed by atoms with van der Waals surface area (Å²) in [5, 5.41) is 8.71. The molecule has 1 aliphatic heterocycles. The SMILES string of the molecule is O=C(O)CN1C(=O)/C(=C\c2cc(Br)c(Br)o2)SC1=S. The van der Waals surface area contributed by atoms with Crippen molar-refractivity contribution in [2.45, 2.75) is 0 Å². The molecule has 0 bridgehead atoms. The quantitative estimate of drug-likeness (QED) is 0.591. The van der Waals surface area contributed by atoms with E-state index in [4.69, 9.17) is 21.7 Å². The smallest absolute Gasteiger partial charge is 0.323 e. The van der Waals surface area contributed by atoms with E-state index in [1.165, 1.54) is 6.08 Å². The van der Waals surface area contributed by atoms with Crippen LogP contribution in [0.5, 0.6) is 0 Å². The van der Waals surface area contributed by atoms with Gasteiger partial charge in [0.25, 0.3) is 5.91 Å². The van der Waals surface area contributed by atoms with Crippen molar-refractivity contribution in [2.24, 2.45) is 0 Å². The molecule has 1 aliphatic rings. The lowest BCUT2D eigenvalue weighted by atomic mass is 10.3. The number of hydrogen-bond donors (Lipinski definition) is 1. The van der Waals surface area contributed by atoms with Gasteiger partial charge >= 0.3 is 5.97 Å². The van der Waals surface area contributed by atoms with Crippen LogP contribution in [0.25, 0.3) is 6.08 Å². The number of amides is 1. The summed E-state index contributed by atoms with van der Waals surface area (Å²) in [6.07, 6.45) is 1.52. The van der Waals surface area contributed by atoms with Crippen molar-refractivity contribution in [2.75, 3.05) is 6.54 Å². The topological polar surface area (TPSA) is 70.8 Å². The van der Waals surface area contributed by atoms with Gasteiger partial charge in [-0.1, -0.05) is 24.0 Å². The molecule has 100 valence electrons. The number of carboxylic acids is 1. The standard InChI is InChI=1S/C10H5Br2NO4S2/c11-5-1-4(17-8(5)12)2-6-9(16)13(3-7(14)15)10(18)19-6/h1-2H,3H2,(H,14,15)/b6-2+. The highest BCUT2D eigenvalue weighted by Crippen LogP contribution is 2.34. The summed E-state index contributed by atoms with van der Waals surface area (Å²) in [5.41, 5.74) is 0. The Balaban J connectivity index is 2.25. The summed E-state index contributed by atoms with van der Waals surface area (Å²) in [6, 6.07) is 1.69. The van der Waals surface area contributed by atoms with Gasteiger partial charge in [0, 0.05) is 6.08 Å². The number of hydrogen-bond acceptors (Lipinski definition) is 5. The molecule has 9 heteroatoms. The van der Waals surface area contributed by atoms with Gasteiger partial charge < -0.3 is 9.52 Å². The lowest BCUT2D eigenvalue weighted by Gasteiger charge is -2.09. The number of furan rings is 1. The molecule has 0 unspecified atom stereocenters. The zero-order valence-corrected chi connectivity index (χ0v) is 13.9. The van der Waals surface area contributed by atoms with Gasteiger partial charge in [0.05, 0.1) is 9.38 Å². The second kappa shape index (κ2) is 5.78. The molecule has 0 spiro atoms. The molecule has 2 heterocycles. The maximum absolute atomic E-state index is 12.0. The fourth-order valence-corrected chi connectivity index (χ4v) is 3.18. The Labute approximate surface area is 134 Å². The molecule has 0 atom stereocenters. The Bertz CT molecular complexity index is 591. The Morgan fingerprint density at radius 3 is 2.79 bits per heavy atom. The first kappa shape index (κ1) is 14.8. The van der Waals surface area contributed by atoms with Crippen molar-refractivity contribution >= 4 is 78.1 Å². The Kier molecular flexibility index (Phi) is 4.49. The summed E-state index contributed by atoms with van der Waals surface area (Å²) in [6.45, 7) is -0.437. The largest absolute Gasteiger partial charge is 0.480 e. The minimum Gasteiger partial charge on any atom is -0.480 e. The summed E-state index contributed by atoms with van der Waals surface area (Å²) in [7, 11) is 0. The van der Waals surface area contributed by atoms with Crippen LogP contribution < -0.4 is 0 Å². The molecule has 1 fully saturated rings. The fraction of sp³-hybridized carbons (Fsp3) is 0.100. The van der Waals surface area contributed by atoms with E-state index in [0.29, 0.717) is 15.3 Å². The average molecular weight is 427 g/mol. The average Bonchev–Trinajstić information content (AvgIpc) is 2.74. The first-order chi connectivity index (χ1) is 8.88. The molecule has 1 aromatic rings. The molecule has 0 aromatic carbocycles. The minimum atomic E-state index is -1.11. The van der Waals surface area contributed by atoms with Gasteiger partial charge in [-0.05, 0) is 37.9 Å². The first-order valence-corrected chi connectivity index (χ1v) is 7.61. The molecule has 2 rings (SSSR count). The fourth-order valence-electron chi connectivity index (χ4n) is 1.34. The molecule has 5 nitrogen and oxygen atoms in total. The van der Waals surface area contributed by atoms with E-state index < -0.39 is 18.4 Å². The number of thiocarbonyl (C=S) groups is 1. The van der Waals surface area contributed by atoms with Gasteiger partial charge in [-0.25, -0.2) is 0 Å². The highest BCUT2D eigenvalue weighted by Gasteiger charge is 2.33. The Morgan fingerprint density at radius 1 is 1.58 bits per heavy atom. The molecule has 1 aromatic heterocycles. The normalized spacial score (nSPS) is 17.6. The third kappa shape index (κ3) is 3.28. The van der Waals surface area contributed by atoms with E-state index in [0.717, 1.165) is 21.1 Å². The van der Waals surface area contributed by atoms with Gasteiger partial charge in [0.15, 0.2) is 4.67 Å². The third-order valence-corrected chi connectivity index (χ3v) is 5.19. The third-order valence-electron chi connectivity index (χ3n) is 2.10. The van der Waals surface area contributed by atoms with Crippen LogP contribution in [0.4, 0.5) is 0 Å².